The predicted octanol–water partition coefficient (Wildman–Crippen LogP) is 2.60. The van der Waals surface area contributed by atoms with E-state index in [0.717, 1.165) is 5.69 Å². The molecule has 0 saturated heterocycles. The number of hydrogen-bond acceptors (Lipinski definition) is 2. The summed E-state index contributed by atoms with van der Waals surface area (Å²) >= 11 is 0. The summed E-state index contributed by atoms with van der Waals surface area (Å²) in [6.07, 6.45) is 3.27. The molecule has 72 valence electrons. The summed E-state index contributed by atoms with van der Waals surface area (Å²) in [5, 5.41) is 9.33. The number of halogens is 1. The zero-order valence-electron chi connectivity index (χ0n) is 7.71. The van der Waals surface area contributed by atoms with Gasteiger partial charge in [-0.2, -0.15) is 5.10 Å². The van der Waals surface area contributed by atoms with Gasteiger partial charge in [0.1, 0.15) is 5.82 Å². The number of nitrogens with one attached hydrogen (secondary N) is 2. The van der Waals surface area contributed by atoms with Gasteiger partial charge in [0.05, 0.1) is 17.6 Å². The van der Waals surface area contributed by atoms with Crippen LogP contribution in [0, 0.1) is 12.7 Å². The van der Waals surface area contributed by atoms with Crippen molar-refractivity contribution in [2.45, 2.75) is 6.92 Å². The van der Waals surface area contributed by atoms with Crippen LogP contribution in [0.3, 0.4) is 0 Å². The van der Waals surface area contributed by atoms with Crippen LogP contribution in [0.5, 0.6) is 0 Å². The van der Waals surface area contributed by atoms with Crippen molar-refractivity contribution in [3.05, 3.63) is 42.0 Å². The van der Waals surface area contributed by atoms with E-state index < -0.39 is 0 Å². The molecule has 4 heteroatoms. The van der Waals surface area contributed by atoms with Gasteiger partial charge in [-0.25, -0.2) is 4.39 Å². The fourth-order valence-electron chi connectivity index (χ4n) is 1.22. The molecule has 0 aliphatic carbocycles. The highest BCUT2D eigenvalue weighted by atomic mass is 19.1. The lowest BCUT2D eigenvalue weighted by Gasteiger charge is -2.05. The fraction of sp³-hybridized carbons (Fsp3) is 0.100. The van der Waals surface area contributed by atoms with Crippen LogP contribution < -0.4 is 5.32 Å². The second-order valence-corrected chi connectivity index (χ2v) is 3.05. The third-order valence-corrected chi connectivity index (χ3v) is 1.97. The topological polar surface area (TPSA) is 40.7 Å². The van der Waals surface area contributed by atoms with E-state index in [9.17, 15) is 4.39 Å². The van der Waals surface area contributed by atoms with Crippen LogP contribution in [0.25, 0.3) is 0 Å². The van der Waals surface area contributed by atoms with Crippen molar-refractivity contribution in [1.29, 1.82) is 0 Å². The summed E-state index contributed by atoms with van der Waals surface area (Å²) in [7, 11) is 0. The summed E-state index contributed by atoms with van der Waals surface area (Å²) in [6, 6.07) is 5.23. The summed E-state index contributed by atoms with van der Waals surface area (Å²) in [5.74, 6) is -0.228. The van der Waals surface area contributed by atoms with Crippen LogP contribution >= 0.6 is 0 Å². The normalized spacial score (nSPS) is 10.1. The first kappa shape index (κ1) is 8.74. The molecule has 1 aromatic heterocycles. The minimum atomic E-state index is -0.228. The SMILES string of the molecule is Cc1cccc(Nc2cn[nH]c2)c1F. The number of hydrogen-bond donors (Lipinski definition) is 2. The molecule has 0 atom stereocenters. The van der Waals surface area contributed by atoms with Crippen LogP contribution in [0.4, 0.5) is 15.8 Å². The van der Waals surface area contributed by atoms with Crippen LogP contribution in [0.1, 0.15) is 5.56 Å². The highest BCUT2D eigenvalue weighted by molar-refractivity contribution is 5.59. The van der Waals surface area contributed by atoms with E-state index in [4.69, 9.17) is 0 Å². The Morgan fingerprint density at radius 2 is 2.29 bits per heavy atom. The highest BCUT2D eigenvalue weighted by Crippen LogP contribution is 2.20. The Balaban J connectivity index is 2.29. The quantitative estimate of drug-likeness (QED) is 0.766. The van der Waals surface area contributed by atoms with Gasteiger partial charge in [0, 0.05) is 6.20 Å². The molecule has 2 rings (SSSR count). The van der Waals surface area contributed by atoms with Gasteiger partial charge in [-0.15, -0.1) is 0 Å². The van der Waals surface area contributed by atoms with E-state index >= 15 is 0 Å². The predicted molar refractivity (Wildman–Crippen MR) is 53.0 cm³/mol. The maximum absolute atomic E-state index is 13.5. The van der Waals surface area contributed by atoms with Gasteiger partial charge in [-0.05, 0) is 18.6 Å². The average Bonchev–Trinajstić information content (AvgIpc) is 2.66. The van der Waals surface area contributed by atoms with Crippen LogP contribution in [0.2, 0.25) is 0 Å². The number of aryl methyl sites for hydroxylation is 1. The summed E-state index contributed by atoms with van der Waals surface area (Å²) in [5.41, 5.74) is 1.83. The molecular weight excluding hydrogens is 181 g/mol. The Labute approximate surface area is 81.0 Å². The highest BCUT2D eigenvalue weighted by Gasteiger charge is 2.04. The summed E-state index contributed by atoms with van der Waals surface area (Å²) < 4.78 is 13.5. The van der Waals surface area contributed by atoms with Gasteiger partial charge < -0.3 is 5.32 Å². The van der Waals surface area contributed by atoms with Crippen molar-refractivity contribution in [2.75, 3.05) is 5.32 Å². The Morgan fingerprint density at radius 3 is 3.00 bits per heavy atom. The molecule has 0 fully saturated rings. The molecule has 0 amide bonds. The van der Waals surface area contributed by atoms with E-state index in [1.54, 1.807) is 37.5 Å². The third-order valence-electron chi connectivity index (χ3n) is 1.97. The third kappa shape index (κ3) is 1.59. The molecule has 0 unspecified atom stereocenters. The Hall–Kier alpha value is -1.84. The fourth-order valence-corrected chi connectivity index (χ4v) is 1.22. The first-order chi connectivity index (χ1) is 6.77. The van der Waals surface area contributed by atoms with Crippen molar-refractivity contribution in [1.82, 2.24) is 10.2 Å². The van der Waals surface area contributed by atoms with Gasteiger partial charge in [0.2, 0.25) is 0 Å². The molecule has 2 N–H and O–H groups in total. The lowest BCUT2D eigenvalue weighted by Crippen LogP contribution is -1.94. The number of anilines is 2. The number of H-pyrrole nitrogens is 1. The molecule has 0 spiro atoms. The maximum atomic E-state index is 13.5. The standard InChI is InChI=1S/C10H10FN3/c1-7-3-2-4-9(10(7)11)14-8-5-12-13-6-8/h2-6,14H,1H3,(H,12,13). The molecule has 0 saturated carbocycles. The van der Waals surface area contributed by atoms with Gasteiger partial charge in [-0.3, -0.25) is 5.10 Å². The molecule has 1 aromatic carbocycles. The molecule has 0 aliphatic heterocycles. The molecule has 0 aliphatic rings. The lowest BCUT2D eigenvalue weighted by atomic mass is 10.2. The minimum Gasteiger partial charge on any atom is -0.351 e. The van der Waals surface area contributed by atoms with Crippen molar-refractivity contribution in [3.8, 4) is 0 Å². The number of aromatic amines is 1. The van der Waals surface area contributed by atoms with Crippen LogP contribution in [0.15, 0.2) is 30.6 Å². The van der Waals surface area contributed by atoms with Crippen molar-refractivity contribution in [3.63, 3.8) is 0 Å². The smallest absolute Gasteiger partial charge is 0.149 e. The number of benzene rings is 1. The van der Waals surface area contributed by atoms with Gasteiger partial charge in [0.15, 0.2) is 0 Å². The van der Waals surface area contributed by atoms with Gasteiger partial charge >= 0.3 is 0 Å². The van der Waals surface area contributed by atoms with Crippen molar-refractivity contribution < 1.29 is 4.39 Å². The molecule has 1 heterocycles. The molecule has 3 nitrogen and oxygen atoms in total. The molecule has 14 heavy (non-hydrogen) atoms. The molecule has 2 aromatic rings. The maximum Gasteiger partial charge on any atom is 0.149 e. The summed E-state index contributed by atoms with van der Waals surface area (Å²) in [6.45, 7) is 1.73. The Bertz CT molecular complexity index is 423. The molecule has 0 radical (unpaired) electrons. The Kier molecular flexibility index (Phi) is 2.18. The second-order valence-electron chi connectivity index (χ2n) is 3.05. The van der Waals surface area contributed by atoms with E-state index in [0.29, 0.717) is 11.3 Å². The first-order valence-corrected chi connectivity index (χ1v) is 4.28. The second kappa shape index (κ2) is 3.49. The zero-order valence-corrected chi connectivity index (χ0v) is 7.71. The summed E-state index contributed by atoms with van der Waals surface area (Å²) in [4.78, 5) is 0. The number of aromatic nitrogens is 2. The van der Waals surface area contributed by atoms with E-state index in [1.807, 2.05) is 0 Å². The minimum absolute atomic E-state index is 0.228. The zero-order chi connectivity index (χ0) is 9.97. The number of rotatable bonds is 2. The number of nitrogens with zero attached hydrogens (tertiary/aromatic N) is 1. The average molecular weight is 191 g/mol. The monoisotopic (exact) mass is 191 g/mol. The van der Waals surface area contributed by atoms with Crippen LogP contribution in [-0.2, 0) is 0 Å². The van der Waals surface area contributed by atoms with Crippen molar-refractivity contribution in [2.24, 2.45) is 0 Å². The van der Waals surface area contributed by atoms with Gasteiger partial charge in [0.25, 0.3) is 0 Å². The first-order valence-electron chi connectivity index (χ1n) is 4.28. The molecule has 0 bridgehead atoms. The van der Waals surface area contributed by atoms with Crippen LogP contribution in [-0.4, -0.2) is 10.2 Å². The van der Waals surface area contributed by atoms with Crippen molar-refractivity contribution >= 4 is 11.4 Å². The lowest BCUT2D eigenvalue weighted by molar-refractivity contribution is 0.622. The van der Waals surface area contributed by atoms with E-state index in [1.165, 1.54) is 0 Å². The molecular formula is C10H10FN3. The van der Waals surface area contributed by atoms with E-state index in [2.05, 4.69) is 15.5 Å². The Morgan fingerprint density at radius 1 is 1.43 bits per heavy atom. The largest absolute Gasteiger partial charge is 0.351 e. The van der Waals surface area contributed by atoms with Gasteiger partial charge in [-0.1, -0.05) is 12.1 Å². The van der Waals surface area contributed by atoms with E-state index in [-0.39, 0.29) is 5.82 Å².